The molecule has 0 fully saturated rings. The molecule has 2 aromatic heterocycles. The summed E-state index contributed by atoms with van der Waals surface area (Å²) in [5.41, 5.74) is 3.17. The lowest BCUT2D eigenvalue weighted by molar-refractivity contribution is 0.625. The molecule has 0 unspecified atom stereocenters. The number of aryl methyl sites for hydroxylation is 1. The van der Waals surface area contributed by atoms with E-state index in [4.69, 9.17) is 0 Å². The molecule has 0 saturated heterocycles. The minimum Gasteiger partial charge on any atom is -0.250 e. The van der Waals surface area contributed by atoms with Gasteiger partial charge in [-0.3, -0.25) is 0 Å². The van der Waals surface area contributed by atoms with Crippen molar-refractivity contribution in [2.45, 2.75) is 19.8 Å². The van der Waals surface area contributed by atoms with Gasteiger partial charge in [0, 0.05) is 18.0 Å². The fourth-order valence-corrected chi connectivity index (χ4v) is 2.35. The zero-order valence-electron chi connectivity index (χ0n) is 12.3. The van der Waals surface area contributed by atoms with Crippen LogP contribution in [0.25, 0.3) is 22.6 Å². The monoisotopic (exact) mass is 293 g/mol. The molecule has 3 aromatic rings. The van der Waals surface area contributed by atoms with Crippen molar-refractivity contribution in [1.82, 2.24) is 15.0 Å². The first kappa shape index (κ1) is 14.3. The summed E-state index contributed by atoms with van der Waals surface area (Å²) in [4.78, 5) is 12.4. The first-order chi connectivity index (χ1) is 10.8. The summed E-state index contributed by atoms with van der Waals surface area (Å²) in [6.07, 6.45) is 6.64. The number of halogens is 1. The maximum Gasteiger partial charge on any atom is 0.178 e. The molecule has 0 radical (unpaired) electrons. The molecule has 0 aliphatic rings. The van der Waals surface area contributed by atoms with Crippen molar-refractivity contribution in [3.63, 3.8) is 0 Å². The third-order valence-corrected chi connectivity index (χ3v) is 3.45. The predicted octanol–water partition coefficient (Wildman–Crippen LogP) is 4.30. The number of pyridine rings is 1. The summed E-state index contributed by atoms with van der Waals surface area (Å²) in [5, 5.41) is 0. The van der Waals surface area contributed by atoms with Gasteiger partial charge < -0.3 is 0 Å². The molecular formula is C18H16FN3. The first-order valence-electron chi connectivity index (χ1n) is 7.30. The minimum atomic E-state index is -0.345. The Morgan fingerprint density at radius 3 is 2.41 bits per heavy atom. The zero-order chi connectivity index (χ0) is 15.4. The average Bonchev–Trinajstić information content (AvgIpc) is 2.57. The second-order valence-corrected chi connectivity index (χ2v) is 5.07. The van der Waals surface area contributed by atoms with Crippen LogP contribution in [0.3, 0.4) is 0 Å². The highest BCUT2D eigenvalue weighted by molar-refractivity contribution is 5.68. The van der Waals surface area contributed by atoms with Crippen LogP contribution < -0.4 is 0 Å². The van der Waals surface area contributed by atoms with E-state index < -0.39 is 0 Å². The van der Waals surface area contributed by atoms with Crippen LogP contribution in [0.4, 0.5) is 4.39 Å². The Labute approximate surface area is 128 Å². The van der Waals surface area contributed by atoms with Gasteiger partial charge in [-0.25, -0.2) is 19.3 Å². The smallest absolute Gasteiger partial charge is 0.178 e. The van der Waals surface area contributed by atoms with E-state index in [0.717, 1.165) is 18.4 Å². The van der Waals surface area contributed by atoms with Crippen LogP contribution in [0.15, 0.2) is 55.0 Å². The lowest BCUT2D eigenvalue weighted by Crippen LogP contribution is -1.94. The molecule has 1 aromatic carbocycles. The molecule has 22 heavy (non-hydrogen) atoms. The molecule has 4 heteroatoms. The van der Waals surface area contributed by atoms with E-state index in [1.807, 2.05) is 24.3 Å². The van der Waals surface area contributed by atoms with Crippen LogP contribution in [-0.4, -0.2) is 15.0 Å². The third kappa shape index (κ3) is 3.01. The van der Waals surface area contributed by atoms with E-state index in [-0.39, 0.29) is 5.82 Å². The van der Waals surface area contributed by atoms with E-state index in [1.165, 1.54) is 11.8 Å². The van der Waals surface area contributed by atoms with E-state index >= 15 is 0 Å². The van der Waals surface area contributed by atoms with Crippen LogP contribution in [0.2, 0.25) is 0 Å². The molecule has 0 amide bonds. The summed E-state index contributed by atoms with van der Waals surface area (Å²) in [5.74, 6) is 0.147. The number of rotatable bonds is 4. The van der Waals surface area contributed by atoms with Crippen LogP contribution >= 0.6 is 0 Å². The summed E-state index contributed by atoms with van der Waals surface area (Å²) in [7, 11) is 0. The lowest BCUT2D eigenvalue weighted by Gasteiger charge is -2.07. The van der Waals surface area contributed by atoms with Gasteiger partial charge in [0.2, 0.25) is 0 Å². The average molecular weight is 293 g/mol. The Bertz CT molecular complexity index is 755. The Balaban J connectivity index is 1.99. The van der Waals surface area contributed by atoms with Crippen molar-refractivity contribution < 1.29 is 4.39 Å². The highest BCUT2D eigenvalue weighted by Crippen LogP contribution is 2.26. The van der Waals surface area contributed by atoms with E-state index in [9.17, 15) is 4.39 Å². The summed E-state index contributed by atoms with van der Waals surface area (Å²) < 4.78 is 14.1. The fraction of sp³-hybridized carbons (Fsp3) is 0.167. The molecule has 0 aliphatic carbocycles. The number of hydrogen-bond donors (Lipinski definition) is 0. The van der Waals surface area contributed by atoms with Gasteiger partial charge in [-0.1, -0.05) is 37.6 Å². The van der Waals surface area contributed by atoms with Crippen LogP contribution in [-0.2, 0) is 6.42 Å². The largest absolute Gasteiger partial charge is 0.250 e. The molecule has 0 atom stereocenters. The van der Waals surface area contributed by atoms with Gasteiger partial charge in [-0.2, -0.15) is 0 Å². The zero-order valence-corrected chi connectivity index (χ0v) is 12.3. The highest BCUT2D eigenvalue weighted by Gasteiger charge is 2.10. The van der Waals surface area contributed by atoms with Crippen LogP contribution in [0.1, 0.15) is 18.9 Å². The normalized spacial score (nSPS) is 10.6. The topological polar surface area (TPSA) is 38.7 Å². The summed E-state index contributed by atoms with van der Waals surface area (Å²) in [6.45, 7) is 2.14. The van der Waals surface area contributed by atoms with Crippen LogP contribution in [0, 0.1) is 5.82 Å². The van der Waals surface area contributed by atoms with Crippen molar-refractivity contribution in [3.05, 3.63) is 66.4 Å². The first-order valence-corrected chi connectivity index (χ1v) is 7.30. The van der Waals surface area contributed by atoms with Gasteiger partial charge in [-0.05, 0) is 29.7 Å². The Morgan fingerprint density at radius 2 is 1.73 bits per heavy atom. The molecule has 3 nitrogen and oxygen atoms in total. The van der Waals surface area contributed by atoms with E-state index in [0.29, 0.717) is 17.1 Å². The summed E-state index contributed by atoms with van der Waals surface area (Å²) in [6, 6.07) is 11.4. The number of hydrogen-bond acceptors (Lipinski definition) is 3. The second-order valence-electron chi connectivity index (χ2n) is 5.07. The van der Waals surface area contributed by atoms with Gasteiger partial charge in [0.25, 0.3) is 0 Å². The number of nitrogens with zero attached hydrogens (tertiary/aromatic N) is 3. The Hall–Kier alpha value is -2.62. The van der Waals surface area contributed by atoms with Gasteiger partial charge in [0.05, 0.1) is 6.20 Å². The number of benzene rings is 1. The maximum atomic E-state index is 14.1. The van der Waals surface area contributed by atoms with Crippen molar-refractivity contribution in [1.29, 1.82) is 0 Å². The van der Waals surface area contributed by atoms with Gasteiger partial charge in [-0.15, -0.1) is 0 Å². The van der Waals surface area contributed by atoms with Crippen molar-refractivity contribution in [3.8, 4) is 22.6 Å². The fourth-order valence-electron chi connectivity index (χ4n) is 2.35. The van der Waals surface area contributed by atoms with Gasteiger partial charge >= 0.3 is 0 Å². The maximum absolute atomic E-state index is 14.1. The molecule has 0 aliphatic heterocycles. The van der Waals surface area contributed by atoms with Crippen molar-refractivity contribution in [2.24, 2.45) is 0 Å². The predicted molar refractivity (Wildman–Crippen MR) is 84.7 cm³/mol. The minimum absolute atomic E-state index is 0.345. The molecule has 0 spiro atoms. The second kappa shape index (κ2) is 6.43. The summed E-state index contributed by atoms with van der Waals surface area (Å²) >= 11 is 0. The Kier molecular flexibility index (Phi) is 4.19. The standard InChI is InChI=1S/C18H16FN3/c1-2-4-13-5-7-14(8-6-13)15-11-17(22-12-16(15)19)18-20-9-3-10-21-18/h3,5-12H,2,4H2,1H3. The highest BCUT2D eigenvalue weighted by atomic mass is 19.1. The lowest BCUT2D eigenvalue weighted by atomic mass is 10.0. The quantitative estimate of drug-likeness (QED) is 0.720. The Morgan fingerprint density at radius 1 is 1.00 bits per heavy atom. The molecule has 0 saturated carbocycles. The SMILES string of the molecule is CCCc1ccc(-c2cc(-c3ncccn3)ncc2F)cc1. The van der Waals surface area contributed by atoms with E-state index in [2.05, 4.69) is 21.9 Å². The number of aromatic nitrogens is 3. The third-order valence-electron chi connectivity index (χ3n) is 3.45. The molecule has 110 valence electrons. The van der Waals surface area contributed by atoms with Gasteiger partial charge in [0.1, 0.15) is 11.5 Å². The molecule has 0 N–H and O–H groups in total. The van der Waals surface area contributed by atoms with Crippen molar-refractivity contribution in [2.75, 3.05) is 0 Å². The van der Waals surface area contributed by atoms with Crippen molar-refractivity contribution >= 4 is 0 Å². The molecular weight excluding hydrogens is 277 g/mol. The molecule has 3 rings (SSSR count). The van der Waals surface area contributed by atoms with Gasteiger partial charge in [0.15, 0.2) is 5.82 Å². The molecule has 0 bridgehead atoms. The molecule has 2 heterocycles. The van der Waals surface area contributed by atoms with E-state index in [1.54, 1.807) is 24.5 Å². The van der Waals surface area contributed by atoms with Crippen LogP contribution in [0.5, 0.6) is 0 Å².